The van der Waals surface area contributed by atoms with Crippen LogP contribution in [-0.4, -0.2) is 59.9 Å². The Hall–Kier alpha value is -3.68. The second kappa shape index (κ2) is 8.14. The monoisotopic (exact) mass is 391 g/mol. The molecular formula is C21H21N5O3. The molecule has 0 radical (unpaired) electrons. The van der Waals surface area contributed by atoms with Crippen LogP contribution in [0.3, 0.4) is 0 Å². The predicted octanol–water partition coefficient (Wildman–Crippen LogP) is 2.31. The number of rotatable bonds is 4. The number of carbonyl (C=O) groups excluding carboxylic acids is 2. The Kier molecular flexibility index (Phi) is 5.24. The van der Waals surface area contributed by atoms with Crippen LogP contribution in [-0.2, 0) is 0 Å². The van der Waals surface area contributed by atoms with Gasteiger partial charge in [0.05, 0.1) is 18.7 Å². The number of hydrogen-bond donors (Lipinski definition) is 0. The van der Waals surface area contributed by atoms with Crippen molar-refractivity contribution < 1.29 is 14.0 Å². The van der Waals surface area contributed by atoms with Crippen LogP contribution in [0.1, 0.15) is 21.0 Å². The summed E-state index contributed by atoms with van der Waals surface area (Å²) in [6, 6.07) is 12.8. The van der Waals surface area contributed by atoms with Crippen molar-refractivity contribution in [1.29, 1.82) is 0 Å². The zero-order valence-electron chi connectivity index (χ0n) is 16.1. The lowest BCUT2D eigenvalue weighted by Crippen LogP contribution is -2.49. The fourth-order valence-electron chi connectivity index (χ4n) is 3.23. The molecule has 0 N–H and O–H groups in total. The van der Waals surface area contributed by atoms with Gasteiger partial charge in [0.2, 0.25) is 0 Å². The van der Waals surface area contributed by atoms with E-state index < -0.39 is 0 Å². The van der Waals surface area contributed by atoms with E-state index in [-0.39, 0.29) is 17.5 Å². The standard InChI is InChI=1S/C21H21N5O3/c1-24(16-6-3-2-4-7-16)20(27)17-14-23-19(15-22-17)25-9-11-26(12-10-25)21(28)18-8-5-13-29-18/h2-8,13-15H,9-12H2,1H3. The highest BCUT2D eigenvalue weighted by Crippen LogP contribution is 2.17. The molecule has 1 aliphatic heterocycles. The quantitative estimate of drug-likeness (QED) is 0.679. The molecule has 1 aromatic carbocycles. The van der Waals surface area contributed by atoms with Crippen molar-refractivity contribution in [3.63, 3.8) is 0 Å². The van der Waals surface area contributed by atoms with Crippen LogP contribution in [0.25, 0.3) is 0 Å². The second-order valence-corrected chi connectivity index (χ2v) is 6.72. The maximum atomic E-state index is 12.6. The maximum Gasteiger partial charge on any atom is 0.289 e. The van der Waals surface area contributed by atoms with E-state index in [1.807, 2.05) is 35.2 Å². The Balaban J connectivity index is 1.37. The lowest BCUT2D eigenvalue weighted by atomic mass is 10.2. The number of anilines is 2. The van der Waals surface area contributed by atoms with Gasteiger partial charge in [-0.05, 0) is 24.3 Å². The minimum atomic E-state index is -0.218. The summed E-state index contributed by atoms with van der Waals surface area (Å²) < 4.78 is 5.18. The van der Waals surface area contributed by atoms with Crippen LogP contribution in [0, 0.1) is 0 Å². The van der Waals surface area contributed by atoms with Crippen LogP contribution < -0.4 is 9.80 Å². The smallest absolute Gasteiger partial charge is 0.289 e. The molecule has 2 amide bonds. The van der Waals surface area contributed by atoms with E-state index in [1.165, 1.54) is 12.5 Å². The summed E-state index contributed by atoms with van der Waals surface area (Å²) in [5, 5.41) is 0. The van der Waals surface area contributed by atoms with E-state index >= 15 is 0 Å². The van der Waals surface area contributed by atoms with E-state index in [0.29, 0.717) is 37.8 Å². The molecule has 3 aromatic rings. The van der Waals surface area contributed by atoms with E-state index in [1.54, 1.807) is 35.2 Å². The first-order valence-electron chi connectivity index (χ1n) is 9.36. The van der Waals surface area contributed by atoms with E-state index in [9.17, 15) is 9.59 Å². The fraction of sp³-hybridized carbons (Fsp3) is 0.238. The molecule has 0 spiro atoms. The summed E-state index contributed by atoms with van der Waals surface area (Å²) in [6.07, 6.45) is 4.60. The topological polar surface area (TPSA) is 82.8 Å². The lowest BCUT2D eigenvalue weighted by molar-refractivity contribution is 0.0714. The van der Waals surface area contributed by atoms with Gasteiger partial charge < -0.3 is 19.1 Å². The SMILES string of the molecule is CN(C(=O)c1cnc(N2CCN(C(=O)c3ccco3)CC2)cn1)c1ccccc1. The number of furan rings is 1. The van der Waals surface area contributed by atoms with Gasteiger partial charge in [-0.25, -0.2) is 9.97 Å². The van der Waals surface area contributed by atoms with Gasteiger partial charge in [-0.1, -0.05) is 18.2 Å². The van der Waals surface area contributed by atoms with Gasteiger partial charge in [0.15, 0.2) is 5.76 Å². The van der Waals surface area contributed by atoms with Crippen molar-refractivity contribution in [3.05, 3.63) is 72.6 Å². The fourth-order valence-corrected chi connectivity index (χ4v) is 3.23. The summed E-state index contributed by atoms with van der Waals surface area (Å²) in [6.45, 7) is 2.41. The summed E-state index contributed by atoms with van der Waals surface area (Å²) in [4.78, 5) is 39.0. The van der Waals surface area contributed by atoms with Gasteiger partial charge in [-0.3, -0.25) is 9.59 Å². The molecule has 1 saturated heterocycles. The predicted molar refractivity (Wildman–Crippen MR) is 108 cm³/mol. The highest BCUT2D eigenvalue weighted by molar-refractivity contribution is 6.04. The molecule has 0 unspecified atom stereocenters. The minimum Gasteiger partial charge on any atom is -0.459 e. The molecule has 0 bridgehead atoms. The number of piperazine rings is 1. The molecule has 8 heteroatoms. The molecule has 3 heterocycles. The summed E-state index contributed by atoms with van der Waals surface area (Å²) >= 11 is 0. The number of para-hydroxylation sites is 1. The molecular weight excluding hydrogens is 370 g/mol. The third kappa shape index (κ3) is 3.96. The largest absolute Gasteiger partial charge is 0.459 e. The molecule has 8 nitrogen and oxygen atoms in total. The average molecular weight is 391 g/mol. The summed E-state index contributed by atoms with van der Waals surface area (Å²) in [5.74, 6) is 0.715. The number of benzene rings is 1. The third-order valence-electron chi connectivity index (χ3n) is 4.93. The first-order valence-corrected chi connectivity index (χ1v) is 9.36. The van der Waals surface area contributed by atoms with Gasteiger partial charge >= 0.3 is 0 Å². The number of nitrogens with zero attached hydrogens (tertiary/aromatic N) is 5. The Labute approximate surface area is 168 Å². The van der Waals surface area contributed by atoms with E-state index in [4.69, 9.17) is 4.42 Å². The Bertz CT molecular complexity index is 965. The van der Waals surface area contributed by atoms with Gasteiger partial charge in [-0.2, -0.15) is 0 Å². The molecule has 4 rings (SSSR count). The number of carbonyl (C=O) groups is 2. The van der Waals surface area contributed by atoms with Crippen molar-refractivity contribution >= 4 is 23.3 Å². The second-order valence-electron chi connectivity index (χ2n) is 6.72. The van der Waals surface area contributed by atoms with Crippen LogP contribution in [0.5, 0.6) is 0 Å². The Morgan fingerprint density at radius 3 is 2.34 bits per heavy atom. The first-order chi connectivity index (χ1) is 14.1. The van der Waals surface area contributed by atoms with Crippen LogP contribution in [0.15, 0.2) is 65.5 Å². The first kappa shape index (κ1) is 18.7. The number of hydrogen-bond acceptors (Lipinski definition) is 6. The van der Waals surface area contributed by atoms with Crippen molar-refractivity contribution in [2.75, 3.05) is 43.0 Å². The number of aromatic nitrogens is 2. The van der Waals surface area contributed by atoms with Crippen LogP contribution in [0.4, 0.5) is 11.5 Å². The maximum absolute atomic E-state index is 12.6. The molecule has 0 aliphatic carbocycles. The van der Waals surface area contributed by atoms with Gasteiger partial charge in [0.1, 0.15) is 11.5 Å². The molecule has 0 atom stereocenters. The third-order valence-corrected chi connectivity index (χ3v) is 4.93. The van der Waals surface area contributed by atoms with Crippen molar-refractivity contribution in [2.24, 2.45) is 0 Å². The molecule has 1 aliphatic rings. The molecule has 2 aromatic heterocycles. The zero-order chi connectivity index (χ0) is 20.2. The van der Waals surface area contributed by atoms with Gasteiger partial charge in [-0.15, -0.1) is 0 Å². The highest BCUT2D eigenvalue weighted by atomic mass is 16.3. The molecule has 1 fully saturated rings. The summed E-state index contributed by atoms with van der Waals surface area (Å²) in [5.41, 5.74) is 1.08. The zero-order valence-corrected chi connectivity index (χ0v) is 16.1. The highest BCUT2D eigenvalue weighted by Gasteiger charge is 2.24. The van der Waals surface area contributed by atoms with Crippen LogP contribution >= 0.6 is 0 Å². The normalized spacial score (nSPS) is 14.0. The number of amides is 2. The Morgan fingerprint density at radius 2 is 1.72 bits per heavy atom. The lowest BCUT2D eigenvalue weighted by Gasteiger charge is -2.34. The van der Waals surface area contributed by atoms with E-state index in [2.05, 4.69) is 9.97 Å². The van der Waals surface area contributed by atoms with E-state index in [0.717, 1.165) is 5.69 Å². The summed E-state index contributed by atoms with van der Waals surface area (Å²) in [7, 11) is 1.71. The molecule has 148 valence electrons. The van der Waals surface area contributed by atoms with Crippen molar-refractivity contribution in [2.45, 2.75) is 0 Å². The van der Waals surface area contributed by atoms with Crippen LogP contribution in [0.2, 0.25) is 0 Å². The minimum absolute atomic E-state index is 0.106. The molecule has 29 heavy (non-hydrogen) atoms. The molecule has 0 saturated carbocycles. The average Bonchev–Trinajstić information content (AvgIpc) is 3.33. The van der Waals surface area contributed by atoms with Crippen molar-refractivity contribution in [3.8, 4) is 0 Å². The van der Waals surface area contributed by atoms with Gasteiger partial charge in [0.25, 0.3) is 11.8 Å². The van der Waals surface area contributed by atoms with Crippen molar-refractivity contribution in [1.82, 2.24) is 14.9 Å². The Morgan fingerprint density at radius 1 is 0.966 bits per heavy atom. The van der Waals surface area contributed by atoms with Gasteiger partial charge in [0, 0.05) is 38.9 Å².